The lowest BCUT2D eigenvalue weighted by Crippen LogP contribution is -2.49. The fraction of sp³-hybridized carbons (Fsp3) is 0.217. The predicted octanol–water partition coefficient (Wildman–Crippen LogP) is 3.75. The smallest absolute Gasteiger partial charge is 0.228 e. The van der Waals surface area contributed by atoms with E-state index in [0.29, 0.717) is 25.3 Å². The van der Waals surface area contributed by atoms with E-state index in [1.54, 1.807) is 12.5 Å². The van der Waals surface area contributed by atoms with Crippen LogP contribution in [0.4, 0.5) is 5.82 Å². The molecule has 0 atom stereocenters. The van der Waals surface area contributed by atoms with Crippen LogP contribution in [0, 0.1) is 0 Å². The molecule has 1 saturated heterocycles. The highest BCUT2D eigenvalue weighted by atomic mass is 32.1. The van der Waals surface area contributed by atoms with Gasteiger partial charge in [-0.15, -0.1) is 11.3 Å². The molecule has 0 N–H and O–H groups in total. The Morgan fingerprint density at radius 1 is 1.00 bits per heavy atom. The maximum absolute atomic E-state index is 12.8. The Kier molecular flexibility index (Phi) is 5.45. The molecular formula is C23H21N5O2S. The Morgan fingerprint density at radius 3 is 2.61 bits per heavy atom. The lowest BCUT2D eigenvalue weighted by atomic mass is 10.2. The van der Waals surface area contributed by atoms with Gasteiger partial charge in [-0.3, -0.25) is 4.79 Å². The normalized spacial score (nSPS) is 14.1. The van der Waals surface area contributed by atoms with E-state index in [9.17, 15) is 4.79 Å². The van der Waals surface area contributed by atoms with Crippen molar-refractivity contribution in [1.82, 2.24) is 19.9 Å². The molecule has 0 spiro atoms. The van der Waals surface area contributed by atoms with Crippen molar-refractivity contribution >= 4 is 23.1 Å². The number of carbonyl (C=O) groups excluding carboxylic acids is 1. The summed E-state index contributed by atoms with van der Waals surface area (Å²) >= 11 is 1.50. The summed E-state index contributed by atoms with van der Waals surface area (Å²) in [7, 11) is 0. The number of furan rings is 1. The predicted molar refractivity (Wildman–Crippen MR) is 120 cm³/mol. The summed E-state index contributed by atoms with van der Waals surface area (Å²) in [5.41, 5.74) is 1.78. The van der Waals surface area contributed by atoms with Gasteiger partial charge in [-0.1, -0.05) is 30.3 Å². The van der Waals surface area contributed by atoms with Crippen molar-refractivity contribution in [2.75, 3.05) is 31.1 Å². The van der Waals surface area contributed by atoms with E-state index >= 15 is 0 Å². The zero-order valence-electron chi connectivity index (χ0n) is 16.8. The van der Waals surface area contributed by atoms with Crippen LogP contribution in [0.15, 0.2) is 70.8 Å². The summed E-state index contributed by atoms with van der Waals surface area (Å²) in [5, 5.41) is 2.73. The number of amides is 1. The van der Waals surface area contributed by atoms with Gasteiger partial charge in [0.05, 0.1) is 18.4 Å². The number of benzene rings is 1. The summed E-state index contributed by atoms with van der Waals surface area (Å²) in [6.07, 6.45) is 3.73. The number of aromatic nitrogens is 3. The second kappa shape index (κ2) is 8.69. The number of nitrogens with zero attached hydrogens (tertiary/aromatic N) is 5. The van der Waals surface area contributed by atoms with E-state index in [1.807, 2.05) is 58.8 Å². The quantitative estimate of drug-likeness (QED) is 0.479. The zero-order valence-corrected chi connectivity index (χ0v) is 17.7. The van der Waals surface area contributed by atoms with Crippen molar-refractivity contribution in [3.8, 4) is 22.2 Å². The third kappa shape index (κ3) is 4.34. The van der Waals surface area contributed by atoms with Crippen LogP contribution in [0.2, 0.25) is 0 Å². The van der Waals surface area contributed by atoms with Crippen LogP contribution in [-0.4, -0.2) is 51.9 Å². The van der Waals surface area contributed by atoms with Crippen LogP contribution in [0.1, 0.15) is 5.69 Å². The van der Waals surface area contributed by atoms with Crippen molar-refractivity contribution in [2.24, 2.45) is 0 Å². The van der Waals surface area contributed by atoms with Gasteiger partial charge < -0.3 is 14.2 Å². The maximum atomic E-state index is 12.8. The molecule has 0 saturated carbocycles. The summed E-state index contributed by atoms with van der Waals surface area (Å²) in [5.74, 6) is 2.44. The summed E-state index contributed by atoms with van der Waals surface area (Å²) < 4.78 is 5.38. The maximum Gasteiger partial charge on any atom is 0.228 e. The topological polar surface area (TPSA) is 75.4 Å². The molecule has 1 aliphatic rings. The summed E-state index contributed by atoms with van der Waals surface area (Å²) in [6, 6.07) is 15.6. The van der Waals surface area contributed by atoms with Gasteiger partial charge in [-0.25, -0.2) is 15.0 Å². The molecule has 1 aliphatic heterocycles. The van der Waals surface area contributed by atoms with Gasteiger partial charge in [0.2, 0.25) is 5.91 Å². The lowest BCUT2D eigenvalue weighted by Gasteiger charge is -2.35. The number of anilines is 1. The third-order valence-electron chi connectivity index (χ3n) is 5.25. The standard InChI is InChI=1S/C23H21N5O2S/c29-21(15-18-16-31-23(25-18)19-7-4-14-30-19)28-12-10-27(11-13-28)20-8-9-24-22(26-20)17-5-2-1-3-6-17/h1-9,14,16H,10-13,15H2. The van der Waals surface area contributed by atoms with Crippen LogP contribution in [0.3, 0.4) is 0 Å². The van der Waals surface area contributed by atoms with Crippen molar-refractivity contribution in [3.63, 3.8) is 0 Å². The average molecular weight is 432 g/mol. The molecule has 3 aromatic heterocycles. The molecule has 0 radical (unpaired) electrons. The molecule has 8 heteroatoms. The lowest BCUT2D eigenvalue weighted by molar-refractivity contribution is -0.130. The van der Waals surface area contributed by atoms with Crippen molar-refractivity contribution in [3.05, 3.63) is 72.1 Å². The highest BCUT2D eigenvalue weighted by molar-refractivity contribution is 7.13. The Balaban J connectivity index is 1.19. The largest absolute Gasteiger partial charge is 0.462 e. The first-order chi connectivity index (χ1) is 15.3. The third-order valence-corrected chi connectivity index (χ3v) is 6.15. The van der Waals surface area contributed by atoms with Gasteiger partial charge in [0.15, 0.2) is 16.6 Å². The van der Waals surface area contributed by atoms with Crippen molar-refractivity contribution in [1.29, 1.82) is 0 Å². The molecule has 31 heavy (non-hydrogen) atoms. The molecule has 4 heterocycles. The minimum Gasteiger partial charge on any atom is -0.462 e. The van der Waals surface area contributed by atoms with Gasteiger partial charge in [-0.2, -0.15) is 0 Å². The van der Waals surface area contributed by atoms with Crippen LogP contribution >= 0.6 is 11.3 Å². The first kappa shape index (κ1) is 19.4. The Hall–Kier alpha value is -3.52. The van der Waals surface area contributed by atoms with E-state index in [2.05, 4.69) is 14.9 Å². The minimum atomic E-state index is 0.101. The minimum absolute atomic E-state index is 0.101. The molecule has 0 aliphatic carbocycles. The molecule has 0 unspecified atom stereocenters. The molecular weight excluding hydrogens is 410 g/mol. The van der Waals surface area contributed by atoms with Crippen LogP contribution in [0.5, 0.6) is 0 Å². The number of rotatable bonds is 5. The van der Waals surface area contributed by atoms with Crippen LogP contribution in [0.25, 0.3) is 22.2 Å². The fourth-order valence-electron chi connectivity index (χ4n) is 3.60. The first-order valence-corrected chi connectivity index (χ1v) is 11.0. The van der Waals surface area contributed by atoms with Gasteiger partial charge in [-0.05, 0) is 18.2 Å². The number of thiazole rings is 1. The monoisotopic (exact) mass is 431 g/mol. The molecule has 156 valence electrons. The Labute approximate surface area is 184 Å². The number of hydrogen-bond acceptors (Lipinski definition) is 7. The second-order valence-electron chi connectivity index (χ2n) is 7.27. The van der Waals surface area contributed by atoms with Gasteiger partial charge in [0, 0.05) is 43.3 Å². The van der Waals surface area contributed by atoms with Crippen molar-refractivity contribution < 1.29 is 9.21 Å². The van der Waals surface area contributed by atoms with E-state index in [4.69, 9.17) is 9.40 Å². The number of carbonyl (C=O) groups is 1. The van der Waals surface area contributed by atoms with E-state index in [1.165, 1.54) is 11.3 Å². The van der Waals surface area contributed by atoms with E-state index < -0.39 is 0 Å². The van der Waals surface area contributed by atoms with Gasteiger partial charge in [0.1, 0.15) is 5.82 Å². The second-order valence-corrected chi connectivity index (χ2v) is 8.13. The highest BCUT2D eigenvalue weighted by Gasteiger charge is 2.23. The Bertz CT molecular complexity index is 1150. The SMILES string of the molecule is O=C(Cc1csc(-c2ccco2)n1)N1CCN(c2ccnc(-c3ccccc3)n2)CC1. The Morgan fingerprint density at radius 2 is 1.84 bits per heavy atom. The molecule has 4 aromatic rings. The number of hydrogen-bond donors (Lipinski definition) is 0. The van der Waals surface area contributed by atoms with Gasteiger partial charge >= 0.3 is 0 Å². The summed E-state index contributed by atoms with van der Waals surface area (Å²) in [4.78, 5) is 30.5. The zero-order chi connectivity index (χ0) is 21.0. The molecule has 7 nitrogen and oxygen atoms in total. The number of piperazine rings is 1. The molecule has 0 bridgehead atoms. The first-order valence-electron chi connectivity index (χ1n) is 10.2. The van der Waals surface area contributed by atoms with Crippen molar-refractivity contribution in [2.45, 2.75) is 6.42 Å². The molecule has 5 rings (SSSR count). The average Bonchev–Trinajstić information content (AvgIpc) is 3.52. The highest BCUT2D eigenvalue weighted by Crippen LogP contribution is 2.24. The van der Waals surface area contributed by atoms with Gasteiger partial charge in [0.25, 0.3) is 0 Å². The van der Waals surface area contributed by atoms with E-state index in [-0.39, 0.29) is 5.91 Å². The molecule has 1 amide bonds. The van der Waals surface area contributed by atoms with Crippen LogP contribution in [-0.2, 0) is 11.2 Å². The van der Waals surface area contributed by atoms with Crippen LogP contribution < -0.4 is 4.90 Å². The summed E-state index contributed by atoms with van der Waals surface area (Å²) in [6.45, 7) is 2.81. The molecule has 1 aromatic carbocycles. The fourth-order valence-corrected chi connectivity index (χ4v) is 4.39. The molecule has 1 fully saturated rings. The van der Waals surface area contributed by atoms with E-state index in [0.717, 1.165) is 40.9 Å².